The molecule has 7 heteroatoms. The van der Waals surface area contributed by atoms with E-state index in [1.54, 1.807) is 0 Å². The number of alkyl halides is 5. The summed E-state index contributed by atoms with van der Waals surface area (Å²) in [6.45, 7) is 0. The largest absolute Gasteiger partial charge is 0.479 e. The molecular weight excluding hydrogens is 208 g/mol. The third-order valence-electron chi connectivity index (χ3n) is 0.853. The van der Waals surface area contributed by atoms with Crippen LogP contribution in [0.4, 0.5) is 13.2 Å². The Labute approximate surface area is 69.9 Å². The van der Waals surface area contributed by atoms with Gasteiger partial charge in [0.15, 0.2) is 0 Å². The second kappa shape index (κ2) is 3.49. The van der Waals surface area contributed by atoms with Crippen molar-refractivity contribution in [1.29, 1.82) is 0 Å². The van der Waals surface area contributed by atoms with Crippen molar-refractivity contribution < 1.29 is 23.1 Å². The predicted octanol–water partition coefficient (Wildman–Crippen LogP) is 1.85. The van der Waals surface area contributed by atoms with Crippen LogP contribution in [-0.4, -0.2) is 28.0 Å². The van der Waals surface area contributed by atoms with E-state index in [1.165, 1.54) is 0 Å². The molecule has 0 saturated carbocycles. The molecule has 0 bridgehead atoms. The van der Waals surface area contributed by atoms with E-state index in [1.807, 2.05) is 0 Å². The zero-order valence-electron chi connectivity index (χ0n) is 4.90. The Balaban J connectivity index is 4.42. The smallest absolute Gasteiger partial charge is 0.343 e. The zero-order chi connectivity index (χ0) is 9.23. The van der Waals surface area contributed by atoms with Crippen LogP contribution in [0, 0.1) is 0 Å². The van der Waals surface area contributed by atoms with Crippen molar-refractivity contribution in [2.45, 2.75) is 16.9 Å². The minimum absolute atomic E-state index is 2.03. The normalized spacial score (nSPS) is 15.1. The highest BCUT2D eigenvalue weighted by molar-refractivity contribution is 6.57. The summed E-state index contributed by atoms with van der Waals surface area (Å²) >= 11 is 9.45. The van der Waals surface area contributed by atoms with Gasteiger partial charge in [0, 0.05) is 0 Å². The Bertz CT molecular complexity index is 161. The topological polar surface area (TPSA) is 37.3 Å². The van der Waals surface area contributed by atoms with Crippen molar-refractivity contribution in [3.63, 3.8) is 0 Å². The number of rotatable bonds is 3. The van der Waals surface area contributed by atoms with Gasteiger partial charge in [-0.3, -0.25) is 0 Å². The molecule has 0 aromatic heterocycles. The lowest BCUT2D eigenvalue weighted by Gasteiger charge is -2.17. The Morgan fingerprint density at radius 1 is 1.36 bits per heavy atom. The summed E-state index contributed by atoms with van der Waals surface area (Å²) in [6, 6.07) is 0. The molecule has 0 radical (unpaired) electrons. The minimum Gasteiger partial charge on any atom is -0.479 e. The number of halogens is 5. The number of aliphatic carboxylic acids is 1. The molecule has 66 valence electrons. The average molecular weight is 211 g/mol. The van der Waals surface area contributed by atoms with Gasteiger partial charge in [-0.2, -0.15) is 0 Å². The molecule has 0 spiro atoms. The molecular formula is C4H3Cl2F3O2. The molecule has 1 N–H and O–H groups in total. The summed E-state index contributed by atoms with van der Waals surface area (Å²) in [5.74, 6) is -2.03. The van der Waals surface area contributed by atoms with Gasteiger partial charge in [-0.15, -0.1) is 0 Å². The van der Waals surface area contributed by atoms with Crippen LogP contribution in [0.5, 0.6) is 0 Å². The molecule has 0 rings (SSSR count). The maximum atomic E-state index is 12.2. The van der Waals surface area contributed by atoms with E-state index in [9.17, 15) is 18.0 Å². The van der Waals surface area contributed by atoms with Crippen LogP contribution in [0.25, 0.3) is 0 Å². The van der Waals surface area contributed by atoms with Crippen LogP contribution in [0.15, 0.2) is 0 Å². The maximum absolute atomic E-state index is 12.2. The van der Waals surface area contributed by atoms with E-state index in [4.69, 9.17) is 28.3 Å². The van der Waals surface area contributed by atoms with Gasteiger partial charge >= 0.3 is 5.97 Å². The standard InChI is InChI=1S/C4H3Cl2F3O2/c5-4(6,3(10)11)1(7)2(8)9/h1-2H,(H,10,11). The number of carboxylic acids is 1. The highest BCUT2D eigenvalue weighted by Gasteiger charge is 2.48. The van der Waals surface area contributed by atoms with Crippen molar-refractivity contribution in [2.24, 2.45) is 0 Å². The monoisotopic (exact) mass is 210 g/mol. The highest BCUT2D eigenvalue weighted by Crippen LogP contribution is 2.31. The van der Waals surface area contributed by atoms with E-state index in [2.05, 4.69) is 0 Å². The molecule has 0 saturated heterocycles. The number of hydrogen-bond acceptors (Lipinski definition) is 1. The fraction of sp³-hybridized carbons (Fsp3) is 0.750. The van der Waals surface area contributed by atoms with Crippen molar-refractivity contribution >= 4 is 29.2 Å². The van der Waals surface area contributed by atoms with Gasteiger partial charge in [0.05, 0.1) is 0 Å². The quantitative estimate of drug-likeness (QED) is 0.723. The fourth-order valence-corrected chi connectivity index (χ4v) is 0.467. The van der Waals surface area contributed by atoms with Gasteiger partial charge in [0.2, 0.25) is 6.17 Å². The number of carboxylic acid groups (broad SMARTS) is 1. The van der Waals surface area contributed by atoms with Crippen LogP contribution >= 0.6 is 23.2 Å². The van der Waals surface area contributed by atoms with Crippen molar-refractivity contribution in [2.75, 3.05) is 0 Å². The third kappa shape index (κ3) is 2.41. The lowest BCUT2D eigenvalue weighted by molar-refractivity contribution is -0.141. The molecule has 0 aliphatic carbocycles. The summed E-state index contributed by atoms with van der Waals surface area (Å²) < 4.78 is 32.0. The fourth-order valence-electron chi connectivity index (χ4n) is 0.276. The van der Waals surface area contributed by atoms with E-state index in [0.717, 1.165) is 0 Å². The lowest BCUT2D eigenvalue weighted by atomic mass is 10.3. The molecule has 0 aromatic carbocycles. The van der Waals surface area contributed by atoms with Crippen LogP contribution in [0.1, 0.15) is 0 Å². The second-order valence-corrected chi connectivity index (χ2v) is 3.05. The zero-order valence-corrected chi connectivity index (χ0v) is 6.41. The molecule has 0 aliphatic rings. The summed E-state index contributed by atoms with van der Waals surface area (Å²) in [6.07, 6.45) is -6.61. The first kappa shape index (κ1) is 10.8. The highest BCUT2D eigenvalue weighted by atomic mass is 35.5. The van der Waals surface area contributed by atoms with Gasteiger partial charge in [0.1, 0.15) is 0 Å². The van der Waals surface area contributed by atoms with Gasteiger partial charge in [-0.25, -0.2) is 18.0 Å². The molecule has 1 atom stereocenters. The van der Waals surface area contributed by atoms with Gasteiger partial charge in [0.25, 0.3) is 10.8 Å². The van der Waals surface area contributed by atoms with Crippen LogP contribution in [-0.2, 0) is 4.79 Å². The lowest BCUT2D eigenvalue weighted by Crippen LogP contribution is -2.40. The summed E-state index contributed by atoms with van der Waals surface area (Å²) in [7, 11) is 0. The average Bonchev–Trinajstić information content (AvgIpc) is 1.85. The first-order valence-corrected chi connectivity index (χ1v) is 3.09. The summed E-state index contributed by atoms with van der Waals surface area (Å²) in [5.41, 5.74) is 0. The Kier molecular flexibility index (Phi) is 3.44. The van der Waals surface area contributed by atoms with E-state index >= 15 is 0 Å². The summed E-state index contributed by atoms with van der Waals surface area (Å²) in [4.78, 5) is 9.93. The Hall–Kier alpha value is -0.160. The SMILES string of the molecule is O=C(O)C(Cl)(Cl)C(F)C(F)F. The van der Waals surface area contributed by atoms with Gasteiger partial charge < -0.3 is 5.11 Å². The second-order valence-electron chi connectivity index (χ2n) is 1.66. The minimum atomic E-state index is -3.51. The van der Waals surface area contributed by atoms with Gasteiger partial charge in [-0.1, -0.05) is 23.2 Å². The van der Waals surface area contributed by atoms with Crippen molar-refractivity contribution in [1.82, 2.24) is 0 Å². The Morgan fingerprint density at radius 2 is 1.73 bits per heavy atom. The molecule has 0 heterocycles. The van der Waals surface area contributed by atoms with E-state index in [0.29, 0.717) is 0 Å². The van der Waals surface area contributed by atoms with E-state index in [-0.39, 0.29) is 0 Å². The molecule has 0 fully saturated rings. The molecule has 0 aliphatic heterocycles. The van der Waals surface area contributed by atoms with Crippen molar-refractivity contribution in [3.8, 4) is 0 Å². The van der Waals surface area contributed by atoms with E-state index < -0.39 is 22.9 Å². The van der Waals surface area contributed by atoms with Crippen LogP contribution < -0.4 is 0 Å². The first-order chi connectivity index (χ1) is 4.80. The molecule has 0 amide bonds. The van der Waals surface area contributed by atoms with Crippen LogP contribution in [0.3, 0.4) is 0 Å². The predicted molar refractivity (Wildman–Crippen MR) is 33.0 cm³/mol. The van der Waals surface area contributed by atoms with Gasteiger partial charge in [-0.05, 0) is 0 Å². The molecule has 0 aromatic rings. The summed E-state index contributed by atoms with van der Waals surface area (Å²) in [5, 5.41) is 8.02. The molecule has 11 heavy (non-hydrogen) atoms. The maximum Gasteiger partial charge on any atom is 0.343 e. The third-order valence-corrected chi connectivity index (χ3v) is 1.59. The van der Waals surface area contributed by atoms with Crippen molar-refractivity contribution in [3.05, 3.63) is 0 Å². The van der Waals surface area contributed by atoms with Crippen LogP contribution in [0.2, 0.25) is 0 Å². The first-order valence-electron chi connectivity index (χ1n) is 2.33. The molecule has 2 nitrogen and oxygen atoms in total. The Morgan fingerprint density at radius 3 is 1.82 bits per heavy atom. The number of carbonyl (C=O) groups is 1. The molecule has 1 unspecified atom stereocenters. The number of hydrogen-bond donors (Lipinski definition) is 1.